The van der Waals surface area contributed by atoms with E-state index >= 15 is 0 Å². The van der Waals surface area contributed by atoms with Crippen LogP contribution in [-0.4, -0.2) is 24.5 Å². The predicted octanol–water partition coefficient (Wildman–Crippen LogP) is 4.52. The molecule has 1 unspecified atom stereocenters. The second-order valence-corrected chi connectivity index (χ2v) is 6.06. The quantitative estimate of drug-likeness (QED) is 0.651. The van der Waals surface area contributed by atoms with Crippen LogP contribution in [0.5, 0.6) is 0 Å². The van der Waals surface area contributed by atoms with E-state index in [1.165, 1.54) is 70.1 Å². The smallest absolute Gasteiger partial charge is 0.00128 e. The van der Waals surface area contributed by atoms with Crippen LogP contribution in [-0.2, 0) is 6.42 Å². The fourth-order valence-corrected chi connectivity index (χ4v) is 3.23. The summed E-state index contributed by atoms with van der Waals surface area (Å²) in [6.45, 7) is 6.26. The molecule has 106 valence electrons. The molecule has 1 aromatic rings. The third kappa shape index (κ3) is 5.36. The molecule has 0 radical (unpaired) electrons. The summed E-state index contributed by atoms with van der Waals surface area (Å²) in [6.07, 6.45) is 9.64. The van der Waals surface area contributed by atoms with E-state index in [1.54, 1.807) is 0 Å². The average molecular weight is 259 g/mol. The van der Waals surface area contributed by atoms with Gasteiger partial charge in [0.15, 0.2) is 0 Å². The van der Waals surface area contributed by atoms with E-state index in [1.807, 2.05) is 0 Å². The normalized spacial score (nSPS) is 20.6. The molecular formula is C18H29N. The number of nitrogens with zero attached hydrogens (tertiary/aromatic N) is 1. The molecule has 0 bridgehead atoms. The topological polar surface area (TPSA) is 3.24 Å². The Bertz CT molecular complexity index is 333. The summed E-state index contributed by atoms with van der Waals surface area (Å²) >= 11 is 0. The number of hydrogen-bond acceptors (Lipinski definition) is 1. The molecule has 0 N–H and O–H groups in total. The first-order chi connectivity index (χ1) is 9.38. The van der Waals surface area contributed by atoms with Crippen LogP contribution in [0, 0.1) is 5.92 Å². The predicted molar refractivity (Wildman–Crippen MR) is 83.5 cm³/mol. The Morgan fingerprint density at radius 1 is 1.11 bits per heavy atom. The number of rotatable bonds is 7. The molecule has 1 aromatic carbocycles. The largest absolute Gasteiger partial charge is 0.303 e. The summed E-state index contributed by atoms with van der Waals surface area (Å²) < 4.78 is 0. The number of hydrogen-bond donors (Lipinski definition) is 0. The van der Waals surface area contributed by atoms with Crippen LogP contribution >= 0.6 is 0 Å². The van der Waals surface area contributed by atoms with E-state index in [0.29, 0.717) is 0 Å². The Hall–Kier alpha value is -0.820. The van der Waals surface area contributed by atoms with Crippen LogP contribution < -0.4 is 0 Å². The lowest BCUT2D eigenvalue weighted by Gasteiger charge is -2.32. The van der Waals surface area contributed by atoms with Crippen LogP contribution in [0.1, 0.15) is 51.0 Å². The van der Waals surface area contributed by atoms with E-state index in [0.717, 1.165) is 5.92 Å². The van der Waals surface area contributed by atoms with Gasteiger partial charge in [-0.2, -0.15) is 0 Å². The van der Waals surface area contributed by atoms with Crippen LogP contribution in [0.4, 0.5) is 0 Å². The van der Waals surface area contributed by atoms with Crippen molar-refractivity contribution in [1.29, 1.82) is 0 Å². The SMILES string of the molecule is CCCCCCN1CCCC(Cc2ccccc2)C1. The van der Waals surface area contributed by atoms with E-state index in [-0.39, 0.29) is 0 Å². The number of benzene rings is 1. The molecule has 19 heavy (non-hydrogen) atoms. The number of likely N-dealkylation sites (tertiary alicyclic amines) is 1. The fraction of sp³-hybridized carbons (Fsp3) is 0.667. The standard InChI is InChI=1S/C18H29N/c1-2-3-4-8-13-19-14-9-12-18(16-19)15-17-10-6-5-7-11-17/h5-7,10-11,18H,2-4,8-9,12-16H2,1H3. The van der Waals surface area contributed by atoms with Crippen molar-refractivity contribution in [2.24, 2.45) is 5.92 Å². The zero-order valence-electron chi connectivity index (χ0n) is 12.5. The van der Waals surface area contributed by atoms with Crippen LogP contribution in [0.2, 0.25) is 0 Å². The summed E-state index contributed by atoms with van der Waals surface area (Å²) in [5.74, 6) is 0.877. The van der Waals surface area contributed by atoms with Gasteiger partial charge in [0, 0.05) is 6.54 Å². The Morgan fingerprint density at radius 2 is 1.95 bits per heavy atom. The maximum atomic E-state index is 2.70. The number of piperidine rings is 1. The second kappa shape index (κ2) is 8.37. The van der Waals surface area contributed by atoms with Crippen molar-refractivity contribution in [2.45, 2.75) is 51.9 Å². The van der Waals surface area contributed by atoms with Gasteiger partial charge < -0.3 is 4.90 Å². The zero-order valence-corrected chi connectivity index (χ0v) is 12.5. The van der Waals surface area contributed by atoms with E-state index < -0.39 is 0 Å². The van der Waals surface area contributed by atoms with Crippen LogP contribution in [0.15, 0.2) is 30.3 Å². The molecular weight excluding hydrogens is 230 g/mol. The molecule has 1 atom stereocenters. The van der Waals surface area contributed by atoms with E-state index in [9.17, 15) is 0 Å². The van der Waals surface area contributed by atoms with Crippen molar-refractivity contribution in [2.75, 3.05) is 19.6 Å². The van der Waals surface area contributed by atoms with Crippen molar-refractivity contribution in [3.8, 4) is 0 Å². The zero-order chi connectivity index (χ0) is 13.3. The van der Waals surface area contributed by atoms with Crippen molar-refractivity contribution in [3.63, 3.8) is 0 Å². The van der Waals surface area contributed by atoms with Gasteiger partial charge in [-0.05, 0) is 50.3 Å². The highest BCUT2D eigenvalue weighted by atomic mass is 15.1. The Kier molecular flexibility index (Phi) is 6.43. The molecule has 0 saturated carbocycles. The molecule has 1 heterocycles. The molecule has 1 heteroatoms. The van der Waals surface area contributed by atoms with Gasteiger partial charge in [0.25, 0.3) is 0 Å². The fourth-order valence-electron chi connectivity index (χ4n) is 3.23. The first kappa shape index (κ1) is 14.6. The van der Waals surface area contributed by atoms with Gasteiger partial charge in [-0.3, -0.25) is 0 Å². The van der Waals surface area contributed by atoms with Crippen LogP contribution in [0.25, 0.3) is 0 Å². The first-order valence-electron chi connectivity index (χ1n) is 8.14. The minimum Gasteiger partial charge on any atom is -0.303 e. The Morgan fingerprint density at radius 3 is 2.74 bits per heavy atom. The summed E-state index contributed by atoms with van der Waals surface area (Å²) in [7, 11) is 0. The highest BCUT2D eigenvalue weighted by Gasteiger charge is 2.19. The highest BCUT2D eigenvalue weighted by molar-refractivity contribution is 5.15. The highest BCUT2D eigenvalue weighted by Crippen LogP contribution is 2.21. The molecule has 2 rings (SSSR count). The van der Waals surface area contributed by atoms with Gasteiger partial charge in [-0.1, -0.05) is 56.5 Å². The third-order valence-corrected chi connectivity index (χ3v) is 4.30. The summed E-state index contributed by atoms with van der Waals surface area (Å²) in [5.41, 5.74) is 1.51. The maximum absolute atomic E-state index is 2.70. The third-order valence-electron chi connectivity index (χ3n) is 4.30. The van der Waals surface area contributed by atoms with Crippen molar-refractivity contribution in [3.05, 3.63) is 35.9 Å². The minimum absolute atomic E-state index is 0.877. The molecule has 1 saturated heterocycles. The lowest BCUT2D eigenvalue weighted by molar-refractivity contribution is 0.171. The molecule has 1 aliphatic rings. The number of unbranched alkanes of at least 4 members (excludes halogenated alkanes) is 3. The van der Waals surface area contributed by atoms with Crippen molar-refractivity contribution in [1.82, 2.24) is 4.90 Å². The Labute approximate surface area is 119 Å². The van der Waals surface area contributed by atoms with Gasteiger partial charge in [-0.15, -0.1) is 0 Å². The van der Waals surface area contributed by atoms with E-state index in [4.69, 9.17) is 0 Å². The molecule has 1 nitrogen and oxygen atoms in total. The monoisotopic (exact) mass is 259 g/mol. The van der Waals surface area contributed by atoms with Gasteiger partial charge in [-0.25, -0.2) is 0 Å². The van der Waals surface area contributed by atoms with Crippen molar-refractivity contribution >= 4 is 0 Å². The molecule has 1 aliphatic heterocycles. The van der Waals surface area contributed by atoms with Gasteiger partial charge >= 0.3 is 0 Å². The van der Waals surface area contributed by atoms with Gasteiger partial charge in [0.1, 0.15) is 0 Å². The molecule has 1 fully saturated rings. The second-order valence-electron chi connectivity index (χ2n) is 6.06. The van der Waals surface area contributed by atoms with Gasteiger partial charge in [0.05, 0.1) is 0 Å². The molecule has 0 spiro atoms. The molecule has 0 aliphatic carbocycles. The van der Waals surface area contributed by atoms with Crippen LogP contribution in [0.3, 0.4) is 0 Å². The van der Waals surface area contributed by atoms with Crippen molar-refractivity contribution < 1.29 is 0 Å². The summed E-state index contributed by atoms with van der Waals surface area (Å²) in [6, 6.07) is 11.0. The summed E-state index contributed by atoms with van der Waals surface area (Å²) in [4.78, 5) is 2.70. The Balaban J connectivity index is 1.71. The molecule has 0 amide bonds. The maximum Gasteiger partial charge on any atom is 0.00128 e. The average Bonchev–Trinajstić information content (AvgIpc) is 2.45. The summed E-state index contributed by atoms with van der Waals surface area (Å²) in [5, 5.41) is 0. The first-order valence-corrected chi connectivity index (χ1v) is 8.14. The lowest BCUT2D eigenvalue weighted by atomic mass is 9.91. The molecule has 0 aromatic heterocycles. The minimum atomic E-state index is 0.877. The van der Waals surface area contributed by atoms with E-state index in [2.05, 4.69) is 42.2 Å². The van der Waals surface area contributed by atoms with Gasteiger partial charge in [0.2, 0.25) is 0 Å². The lowest BCUT2D eigenvalue weighted by Crippen LogP contribution is -2.36.